The second-order valence-electron chi connectivity index (χ2n) is 6.91. The van der Waals surface area contributed by atoms with E-state index in [1.807, 2.05) is 6.20 Å². The van der Waals surface area contributed by atoms with Crippen LogP contribution in [0.25, 0.3) is 0 Å². The van der Waals surface area contributed by atoms with Crippen LogP contribution in [0.1, 0.15) is 38.5 Å². The Morgan fingerprint density at radius 2 is 1.85 bits per heavy atom. The number of allylic oxidation sites excluding steroid dienone is 4. The van der Waals surface area contributed by atoms with Crippen LogP contribution in [0.15, 0.2) is 56.9 Å². The molecule has 0 aromatic heterocycles. The summed E-state index contributed by atoms with van der Waals surface area (Å²) in [6, 6.07) is 0.351. The van der Waals surface area contributed by atoms with Crippen molar-refractivity contribution >= 4 is 0 Å². The summed E-state index contributed by atoms with van der Waals surface area (Å²) in [5.41, 5.74) is 6.32. The fourth-order valence-electron chi connectivity index (χ4n) is 5.11. The quantitative estimate of drug-likeness (QED) is 0.604. The largest absolute Gasteiger partial charge is 0.180 e. The molecule has 2 saturated carbocycles. The third kappa shape index (κ3) is 1.40. The molecule has 0 aromatic carbocycles. The number of rotatable bonds is 0. The van der Waals surface area contributed by atoms with Crippen molar-refractivity contribution in [3.05, 3.63) is 46.7 Å². The molecule has 2 heteroatoms. The lowest BCUT2D eigenvalue weighted by molar-refractivity contribution is 0.288. The van der Waals surface area contributed by atoms with Gasteiger partial charge in [-0.15, -0.1) is 0 Å². The van der Waals surface area contributed by atoms with E-state index in [9.17, 15) is 0 Å². The SMILES string of the molecule is C1=C2CCCCC2C2CCC3C(=CC4=CN=NC43)C2=C1. The van der Waals surface area contributed by atoms with Crippen molar-refractivity contribution in [1.29, 1.82) is 0 Å². The standard InChI is InChI=1S/C18H20N2/c1-2-4-13-11(3-1)5-6-15-14(13)7-8-16-17(15)9-12-10-19-20-18(12)16/h5-6,9-10,13-14,16,18H,1-4,7-8H2. The maximum Gasteiger partial charge on any atom is 0.105 e. The molecule has 1 aliphatic heterocycles. The van der Waals surface area contributed by atoms with E-state index >= 15 is 0 Å². The van der Waals surface area contributed by atoms with Gasteiger partial charge in [-0.3, -0.25) is 0 Å². The maximum atomic E-state index is 4.44. The zero-order valence-electron chi connectivity index (χ0n) is 11.8. The molecule has 1 heterocycles. The molecule has 0 spiro atoms. The molecule has 0 radical (unpaired) electrons. The van der Waals surface area contributed by atoms with E-state index in [-0.39, 0.29) is 0 Å². The summed E-state index contributed by atoms with van der Waals surface area (Å²) in [6.07, 6.45) is 17.5. The molecule has 0 N–H and O–H groups in total. The predicted molar refractivity (Wildman–Crippen MR) is 79.1 cm³/mol. The summed E-state index contributed by atoms with van der Waals surface area (Å²) >= 11 is 0. The fourth-order valence-corrected chi connectivity index (χ4v) is 5.11. The van der Waals surface area contributed by atoms with Gasteiger partial charge in [-0.2, -0.15) is 10.2 Å². The van der Waals surface area contributed by atoms with Crippen LogP contribution in [0.3, 0.4) is 0 Å². The van der Waals surface area contributed by atoms with E-state index in [0.29, 0.717) is 12.0 Å². The number of azo groups is 1. The van der Waals surface area contributed by atoms with E-state index in [2.05, 4.69) is 28.5 Å². The number of nitrogens with zero attached hydrogens (tertiary/aromatic N) is 2. The third-order valence-electron chi connectivity index (χ3n) is 6.03. The predicted octanol–water partition coefficient (Wildman–Crippen LogP) is 4.73. The van der Waals surface area contributed by atoms with E-state index in [1.54, 1.807) is 16.7 Å². The van der Waals surface area contributed by atoms with E-state index in [0.717, 1.165) is 11.8 Å². The van der Waals surface area contributed by atoms with Crippen LogP contribution < -0.4 is 0 Å². The summed E-state index contributed by atoms with van der Waals surface area (Å²) < 4.78 is 0. The Kier molecular flexibility index (Phi) is 2.27. The first-order valence-electron chi connectivity index (χ1n) is 8.14. The minimum Gasteiger partial charge on any atom is -0.180 e. The second kappa shape index (κ2) is 4.03. The highest BCUT2D eigenvalue weighted by Crippen LogP contribution is 2.54. The highest BCUT2D eigenvalue weighted by molar-refractivity contribution is 5.54. The zero-order valence-corrected chi connectivity index (χ0v) is 11.8. The smallest absolute Gasteiger partial charge is 0.105 e. The molecule has 5 rings (SSSR count). The van der Waals surface area contributed by atoms with Crippen molar-refractivity contribution in [2.75, 3.05) is 0 Å². The first-order chi connectivity index (χ1) is 9.92. The monoisotopic (exact) mass is 264 g/mol. The van der Waals surface area contributed by atoms with E-state index < -0.39 is 0 Å². The van der Waals surface area contributed by atoms with Crippen LogP contribution in [0, 0.1) is 17.8 Å². The summed E-state index contributed by atoms with van der Waals surface area (Å²) in [6.45, 7) is 0. The summed E-state index contributed by atoms with van der Waals surface area (Å²) in [5.74, 6) is 2.27. The highest BCUT2D eigenvalue weighted by atomic mass is 15.1. The van der Waals surface area contributed by atoms with Gasteiger partial charge in [-0.1, -0.05) is 30.2 Å². The Hall–Kier alpha value is -1.44. The third-order valence-corrected chi connectivity index (χ3v) is 6.03. The summed E-state index contributed by atoms with van der Waals surface area (Å²) in [5, 5.41) is 8.55. The number of fused-ring (bicyclic) bond motifs is 7. The van der Waals surface area contributed by atoms with Crippen molar-refractivity contribution in [1.82, 2.24) is 0 Å². The molecule has 0 bridgehead atoms. The van der Waals surface area contributed by atoms with Crippen LogP contribution >= 0.6 is 0 Å². The molecule has 2 fully saturated rings. The van der Waals surface area contributed by atoms with Crippen LogP contribution in [-0.4, -0.2) is 6.04 Å². The Labute approximate surface area is 120 Å². The normalized spacial score (nSPS) is 40.8. The average molecular weight is 264 g/mol. The van der Waals surface area contributed by atoms with Crippen LogP contribution in [-0.2, 0) is 0 Å². The Morgan fingerprint density at radius 1 is 0.900 bits per heavy atom. The molecule has 5 aliphatic rings. The van der Waals surface area contributed by atoms with Gasteiger partial charge in [-0.05, 0) is 60.7 Å². The molecular formula is C18H20N2. The van der Waals surface area contributed by atoms with Crippen LogP contribution in [0.2, 0.25) is 0 Å². The van der Waals surface area contributed by atoms with Gasteiger partial charge in [0.15, 0.2) is 0 Å². The van der Waals surface area contributed by atoms with E-state index in [4.69, 9.17) is 0 Å². The fraction of sp³-hybridized carbons (Fsp3) is 0.556. The highest BCUT2D eigenvalue weighted by Gasteiger charge is 2.44. The molecule has 0 amide bonds. The molecule has 4 unspecified atom stereocenters. The van der Waals surface area contributed by atoms with Gasteiger partial charge in [0.25, 0.3) is 0 Å². The van der Waals surface area contributed by atoms with Gasteiger partial charge >= 0.3 is 0 Å². The number of hydrogen-bond acceptors (Lipinski definition) is 2. The first kappa shape index (κ1) is 11.2. The Morgan fingerprint density at radius 3 is 2.85 bits per heavy atom. The van der Waals surface area contributed by atoms with E-state index in [1.165, 1.54) is 44.1 Å². The molecular weight excluding hydrogens is 244 g/mol. The topological polar surface area (TPSA) is 24.7 Å². The van der Waals surface area contributed by atoms with Gasteiger partial charge in [0.05, 0.1) is 6.20 Å². The molecule has 4 aliphatic carbocycles. The second-order valence-corrected chi connectivity index (χ2v) is 6.91. The lowest BCUT2D eigenvalue weighted by Gasteiger charge is -2.42. The van der Waals surface area contributed by atoms with Crippen LogP contribution in [0.4, 0.5) is 0 Å². The minimum absolute atomic E-state index is 0.351. The number of hydrogen-bond donors (Lipinski definition) is 0. The zero-order chi connectivity index (χ0) is 13.1. The molecule has 20 heavy (non-hydrogen) atoms. The Bertz CT molecular complexity index is 617. The average Bonchev–Trinajstić information content (AvgIpc) is 3.07. The lowest BCUT2D eigenvalue weighted by Crippen LogP contribution is -2.32. The minimum atomic E-state index is 0.351. The van der Waals surface area contributed by atoms with Gasteiger partial charge in [0, 0.05) is 5.92 Å². The van der Waals surface area contributed by atoms with Crippen molar-refractivity contribution in [2.45, 2.75) is 44.6 Å². The van der Waals surface area contributed by atoms with Crippen molar-refractivity contribution in [3.8, 4) is 0 Å². The van der Waals surface area contributed by atoms with Gasteiger partial charge in [0.2, 0.25) is 0 Å². The van der Waals surface area contributed by atoms with Crippen molar-refractivity contribution in [2.24, 2.45) is 28.0 Å². The summed E-state index contributed by atoms with van der Waals surface area (Å²) in [4.78, 5) is 0. The van der Waals surface area contributed by atoms with Crippen molar-refractivity contribution in [3.63, 3.8) is 0 Å². The molecule has 0 aromatic rings. The van der Waals surface area contributed by atoms with Crippen molar-refractivity contribution < 1.29 is 0 Å². The lowest BCUT2D eigenvalue weighted by atomic mass is 9.63. The molecule has 0 saturated heterocycles. The summed E-state index contributed by atoms with van der Waals surface area (Å²) in [7, 11) is 0. The van der Waals surface area contributed by atoms with Crippen LogP contribution in [0.5, 0.6) is 0 Å². The molecule has 4 atom stereocenters. The molecule has 102 valence electrons. The molecule has 2 nitrogen and oxygen atoms in total. The Balaban J connectivity index is 1.57. The van der Waals surface area contributed by atoms with Gasteiger partial charge in [0.1, 0.15) is 6.04 Å². The van der Waals surface area contributed by atoms with Gasteiger partial charge < -0.3 is 0 Å². The maximum absolute atomic E-state index is 4.44. The van der Waals surface area contributed by atoms with Gasteiger partial charge in [-0.25, -0.2) is 0 Å². The first-order valence-corrected chi connectivity index (χ1v) is 8.14.